The Bertz CT molecular complexity index is 495. The Labute approximate surface area is 127 Å². The van der Waals surface area contributed by atoms with E-state index in [0.717, 1.165) is 49.3 Å². The number of carbonyl (C=O) groups is 1. The Morgan fingerprint density at radius 3 is 2.62 bits per heavy atom. The fourth-order valence-corrected chi connectivity index (χ4v) is 2.95. The average molecular weight is 290 g/mol. The average Bonchev–Trinajstić information content (AvgIpc) is 2.53. The van der Waals surface area contributed by atoms with Gasteiger partial charge in [-0.05, 0) is 50.1 Å². The molecule has 0 bridgehead atoms. The second-order valence-electron chi connectivity index (χ2n) is 5.76. The summed E-state index contributed by atoms with van der Waals surface area (Å²) in [6.45, 7) is 7.38. The van der Waals surface area contributed by atoms with Gasteiger partial charge in [0.05, 0.1) is 5.69 Å². The minimum absolute atomic E-state index is 0.0941. The highest BCUT2D eigenvalue weighted by Gasteiger charge is 2.25. The first-order valence-electron chi connectivity index (χ1n) is 7.63. The molecule has 0 aliphatic carbocycles. The lowest BCUT2D eigenvalue weighted by molar-refractivity contribution is 0.0647. The molecule has 0 spiro atoms. The molecule has 3 N–H and O–H groups in total. The van der Waals surface area contributed by atoms with Gasteiger partial charge in [0.2, 0.25) is 0 Å². The molecule has 0 saturated carbocycles. The van der Waals surface area contributed by atoms with Crippen molar-refractivity contribution in [1.82, 2.24) is 9.80 Å². The normalized spacial score (nSPS) is 16.8. The third kappa shape index (κ3) is 3.54. The number of hydrogen-bond acceptors (Lipinski definition) is 4. The molecule has 1 aromatic carbocycles. The molecule has 21 heavy (non-hydrogen) atoms. The van der Waals surface area contributed by atoms with E-state index in [9.17, 15) is 4.79 Å². The van der Waals surface area contributed by atoms with Gasteiger partial charge in [0.25, 0.3) is 5.91 Å². The zero-order valence-corrected chi connectivity index (χ0v) is 13.2. The van der Waals surface area contributed by atoms with E-state index in [1.54, 1.807) is 0 Å². The van der Waals surface area contributed by atoms with Crippen LogP contribution in [-0.2, 0) is 0 Å². The van der Waals surface area contributed by atoms with E-state index < -0.39 is 0 Å². The number of benzene rings is 1. The van der Waals surface area contributed by atoms with Crippen molar-refractivity contribution in [3.05, 3.63) is 29.3 Å². The Balaban J connectivity index is 2.04. The zero-order valence-electron chi connectivity index (χ0n) is 13.2. The van der Waals surface area contributed by atoms with Crippen LogP contribution in [0.25, 0.3) is 0 Å². The summed E-state index contributed by atoms with van der Waals surface area (Å²) in [6.07, 6.45) is 2.11. The lowest BCUT2D eigenvalue weighted by Crippen LogP contribution is -2.45. The largest absolute Gasteiger partial charge is 0.339 e. The summed E-state index contributed by atoms with van der Waals surface area (Å²) in [5.41, 5.74) is 5.20. The molecule has 0 atom stereocenters. The van der Waals surface area contributed by atoms with Gasteiger partial charge >= 0.3 is 0 Å². The van der Waals surface area contributed by atoms with Crippen molar-refractivity contribution in [3.8, 4) is 0 Å². The Morgan fingerprint density at radius 2 is 2.10 bits per heavy atom. The summed E-state index contributed by atoms with van der Waals surface area (Å²) in [5, 5.41) is 0. The minimum atomic E-state index is 0.0941. The molecule has 0 unspecified atom stereocenters. The predicted molar refractivity (Wildman–Crippen MR) is 86.2 cm³/mol. The number of aryl methyl sites for hydroxylation is 1. The van der Waals surface area contributed by atoms with Gasteiger partial charge in [-0.15, -0.1) is 0 Å². The van der Waals surface area contributed by atoms with Crippen LogP contribution in [0.15, 0.2) is 18.2 Å². The molecule has 1 heterocycles. The fraction of sp³-hybridized carbons (Fsp3) is 0.562. The van der Waals surface area contributed by atoms with Crippen LogP contribution in [-0.4, -0.2) is 48.4 Å². The Kier molecular flexibility index (Phi) is 5.20. The van der Waals surface area contributed by atoms with Crippen molar-refractivity contribution < 1.29 is 4.79 Å². The molecular weight excluding hydrogens is 264 g/mol. The molecule has 2 rings (SSSR count). The maximum atomic E-state index is 12.6. The molecule has 1 amide bonds. The Hall–Kier alpha value is -1.59. The van der Waals surface area contributed by atoms with Crippen LogP contribution in [0.3, 0.4) is 0 Å². The van der Waals surface area contributed by atoms with Gasteiger partial charge in [0, 0.05) is 31.7 Å². The first kappa shape index (κ1) is 15.8. The standard InChI is InChI=1S/C16H26N4O/c1-4-20-9-7-14(8-10-20)19(3)16(21)13-5-6-15(18-17)12(2)11-13/h5-6,11,14,18H,4,7-10,17H2,1-3H3. The number of hydrazine groups is 1. The molecular formula is C16H26N4O. The number of nitrogens with two attached hydrogens (primary N) is 1. The molecule has 1 aromatic rings. The maximum Gasteiger partial charge on any atom is 0.253 e. The van der Waals surface area contributed by atoms with Crippen LogP contribution in [0.5, 0.6) is 0 Å². The van der Waals surface area contributed by atoms with Crippen LogP contribution < -0.4 is 11.3 Å². The zero-order chi connectivity index (χ0) is 15.4. The van der Waals surface area contributed by atoms with Crippen LogP contribution in [0.1, 0.15) is 35.7 Å². The van der Waals surface area contributed by atoms with Crippen molar-refractivity contribution >= 4 is 11.6 Å². The predicted octanol–water partition coefficient (Wildman–Crippen LogP) is 1.84. The maximum absolute atomic E-state index is 12.6. The van der Waals surface area contributed by atoms with E-state index >= 15 is 0 Å². The SMILES string of the molecule is CCN1CCC(N(C)C(=O)c2ccc(NN)c(C)c2)CC1. The van der Waals surface area contributed by atoms with Gasteiger partial charge < -0.3 is 15.2 Å². The second kappa shape index (κ2) is 6.91. The molecule has 116 valence electrons. The highest BCUT2D eigenvalue weighted by atomic mass is 16.2. The fourth-order valence-electron chi connectivity index (χ4n) is 2.95. The topological polar surface area (TPSA) is 61.6 Å². The third-order valence-corrected chi connectivity index (χ3v) is 4.50. The van der Waals surface area contributed by atoms with Gasteiger partial charge in [-0.25, -0.2) is 0 Å². The number of hydrogen-bond donors (Lipinski definition) is 2. The monoisotopic (exact) mass is 290 g/mol. The van der Waals surface area contributed by atoms with Crippen molar-refractivity contribution in [2.75, 3.05) is 32.1 Å². The number of likely N-dealkylation sites (tertiary alicyclic amines) is 1. The lowest BCUT2D eigenvalue weighted by Gasteiger charge is -2.36. The van der Waals surface area contributed by atoms with Crippen LogP contribution >= 0.6 is 0 Å². The number of nitrogens with one attached hydrogen (secondary N) is 1. The number of anilines is 1. The summed E-state index contributed by atoms with van der Waals surface area (Å²) in [5.74, 6) is 5.52. The molecule has 1 fully saturated rings. The number of carbonyl (C=O) groups excluding carboxylic acids is 1. The van der Waals surface area contributed by atoms with E-state index in [1.165, 1.54) is 0 Å². The molecule has 0 aromatic heterocycles. The molecule has 5 heteroatoms. The Morgan fingerprint density at radius 1 is 1.43 bits per heavy atom. The summed E-state index contributed by atoms with van der Waals surface area (Å²) in [6, 6.07) is 5.93. The molecule has 1 saturated heterocycles. The molecule has 1 aliphatic heterocycles. The quantitative estimate of drug-likeness (QED) is 0.656. The van der Waals surface area contributed by atoms with Crippen LogP contribution in [0.4, 0.5) is 5.69 Å². The summed E-state index contributed by atoms with van der Waals surface area (Å²) < 4.78 is 0. The number of rotatable bonds is 4. The summed E-state index contributed by atoms with van der Waals surface area (Å²) in [7, 11) is 1.92. The summed E-state index contributed by atoms with van der Waals surface area (Å²) in [4.78, 5) is 16.9. The first-order valence-corrected chi connectivity index (χ1v) is 7.63. The van der Waals surface area contributed by atoms with E-state index in [1.807, 2.05) is 37.1 Å². The van der Waals surface area contributed by atoms with Crippen LogP contribution in [0, 0.1) is 6.92 Å². The van der Waals surface area contributed by atoms with E-state index in [-0.39, 0.29) is 5.91 Å². The van der Waals surface area contributed by atoms with Crippen molar-refractivity contribution in [2.45, 2.75) is 32.7 Å². The summed E-state index contributed by atoms with van der Waals surface area (Å²) >= 11 is 0. The second-order valence-corrected chi connectivity index (χ2v) is 5.76. The van der Waals surface area contributed by atoms with Crippen molar-refractivity contribution in [3.63, 3.8) is 0 Å². The number of nitrogens with zero attached hydrogens (tertiary/aromatic N) is 2. The van der Waals surface area contributed by atoms with Gasteiger partial charge in [-0.2, -0.15) is 0 Å². The molecule has 1 aliphatic rings. The number of nitrogen functional groups attached to an aromatic ring is 1. The number of piperidine rings is 1. The third-order valence-electron chi connectivity index (χ3n) is 4.50. The van der Waals surface area contributed by atoms with E-state index in [4.69, 9.17) is 5.84 Å². The smallest absolute Gasteiger partial charge is 0.253 e. The highest BCUT2D eigenvalue weighted by molar-refractivity contribution is 5.95. The van der Waals surface area contributed by atoms with E-state index in [2.05, 4.69) is 17.2 Å². The van der Waals surface area contributed by atoms with Crippen LogP contribution in [0.2, 0.25) is 0 Å². The molecule has 0 radical (unpaired) electrons. The highest BCUT2D eigenvalue weighted by Crippen LogP contribution is 2.20. The lowest BCUT2D eigenvalue weighted by atomic mass is 10.0. The first-order chi connectivity index (χ1) is 10.1. The molecule has 5 nitrogen and oxygen atoms in total. The van der Waals surface area contributed by atoms with E-state index in [0.29, 0.717) is 6.04 Å². The van der Waals surface area contributed by atoms with Crippen molar-refractivity contribution in [1.29, 1.82) is 0 Å². The van der Waals surface area contributed by atoms with Gasteiger partial charge in [-0.3, -0.25) is 10.6 Å². The van der Waals surface area contributed by atoms with Crippen molar-refractivity contribution in [2.24, 2.45) is 5.84 Å². The minimum Gasteiger partial charge on any atom is -0.339 e. The van der Waals surface area contributed by atoms with Gasteiger partial charge in [-0.1, -0.05) is 6.92 Å². The van der Waals surface area contributed by atoms with Gasteiger partial charge in [0.1, 0.15) is 0 Å². The number of amides is 1. The van der Waals surface area contributed by atoms with Gasteiger partial charge in [0.15, 0.2) is 0 Å².